The second-order valence-corrected chi connectivity index (χ2v) is 9.64. The lowest BCUT2D eigenvalue weighted by Crippen LogP contribution is -2.49. The average Bonchev–Trinajstić information content (AvgIpc) is 2.69. The summed E-state index contributed by atoms with van der Waals surface area (Å²) in [5, 5.41) is 3.98. The first-order chi connectivity index (χ1) is 9.21. The number of hydrogen-bond donors (Lipinski definition) is 1. The highest BCUT2D eigenvalue weighted by Gasteiger charge is 2.47. The molecule has 4 aliphatic rings. The normalized spacial score (nSPS) is 40.6. The first-order valence-electron chi connectivity index (χ1n) is 7.70. The molecule has 104 valence electrons. The summed E-state index contributed by atoms with van der Waals surface area (Å²) < 4.78 is 1.26. The van der Waals surface area contributed by atoms with Crippen LogP contribution in [0.3, 0.4) is 0 Å². The van der Waals surface area contributed by atoms with Crippen LogP contribution in [0, 0.1) is 17.8 Å². The molecule has 1 nitrogen and oxygen atoms in total. The zero-order chi connectivity index (χ0) is 12.9. The van der Waals surface area contributed by atoms with Crippen LogP contribution in [0.2, 0.25) is 0 Å². The minimum absolute atomic E-state index is 0.481. The van der Waals surface area contributed by atoms with Crippen molar-refractivity contribution < 1.29 is 0 Å². The van der Waals surface area contributed by atoms with E-state index in [-0.39, 0.29) is 0 Å². The van der Waals surface area contributed by atoms with E-state index >= 15 is 0 Å². The highest BCUT2D eigenvalue weighted by atomic mass is 79.9. The Morgan fingerprint density at radius 3 is 2.58 bits per heavy atom. The maximum absolute atomic E-state index is 3.98. The Morgan fingerprint density at radius 1 is 1.16 bits per heavy atom. The molecule has 0 aromatic carbocycles. The number of thiophene rings is 1. The van der Waals surface area contributed by atoms with Crippen molar-refractivity contribution in [3.8, 4) is 0 Å². The fraction of sp³-hybridized carbons (Fsp3) is 0.750. The molecule has 4 fully saturated rings. The first-order valence-corrected chi connectivity index (χ1v) is 9.31. The molecule has 1 aromatic rings. The quantitative estimate of drug-likeness (QED) is 0.820. The summed E-state index contributed by atoms with van der Waals surface area (Å²) in [7, 11) is 0. The SMILES string of the molecule is Brc1ccc(CNC23CCC4CC(CC(C4)C2)C3)s1. The molecule has 2 unspecified atom stereocenters. The monoisotopic (exact) mass is 339 g/mol. The predicted octanol–water partition coefficient (Wildman–Crippen LogP) is 4.96. The third-order valence-electron chi connectivity index (χ3n) is 5.66. The smallest absolute Gasteiger partial charge is 0.0701 e. The van der Waals surface area contributed by atoms with E-state index in [2.05, 4.69) is 33.4 Å². The molecule has 0 spiro atoms. The number of nitrogens with one attached hydrogen (secondary N) is 1. The molecule has 19 heavy (non-hydrogen) atoms. The van der Waals surface area contributed by atoms with E-state index in [1.54, 1.807) is 0 Å². The van der Waals surface area contributed by atoms with Gasteiger partial charge >= 0.3 is 0 Å². The topological polar surface area (TPSA) is 12.0 Å². The summed E-state index contributed by atoms with van der Waals surface area (Å²) in [6.07, 6.45) is 10.4. The zero-order valence-corrected chi connectivity index (χ0v) is 13.7. The molecule has 0 amide bonds. The van der Waals surface area contributed by atoms with Crippen molar-refractivity contribution in [2.45, 2.75) is 57.0 Å². The molecule has 4 bridgehead atoms. The summed E-state index contributed by atoms with van der Waals surface area (Å²) in [5.74, 6) is 3.12. The second kappa shape index (κ2) is 4.85. The van der Waals surface area contributed by atoms with Crippen LogP contribution >= 0.6 is 27.3 Å². The lowest BCUT2D eigenvalue weighted by molar-refractivity contribution is 0.0942. The summed E-state index contributed by atoms with van der Waals surface area (Å²) in [4.78, 5) is 1.47. The average molecular weight is 340 g/mol. The van der Waals surface area contributed by atoms with Crippen LogP contribution in [0.1, 0.15) is 49.8 Å². The Kier molecular flexibility index (Phi) is 3.28. The van der Waals surface area contributed by atoms with Gasteiger partial charge in [-0.1, -0.05) is 0 Å². The molecule has 0 aliphatic heterocycles. The van der Waals surface area contributed by atoms with Crippen molar-refractivity contribution >= 4 is 27.3 Å². The van der Waals surface area contributed by atoms with E-state index in [9.17, 15) is 0 Å². The van der Waals surface area contributed by atoms with Crippen LogP contribution in [-0.4, -0.2) is 5.54 Å². The van der Waals surface area contributed by atoms with Gasteiger partial charge in [0.1, 0.15) is 0 Å². The van der Waals surface area contributed by atoms with Gasteiger partial charge in [-0.05, 0) is 90.8 Å². The maximum atomic E-state index is 3.98. The van der Waals surface area contributed by atoms with Crippen LogP contribution in [0.4, 0.5) is 0 Å². The molecule has 1 heterocycles. The van der Waals surface area contributed by atoms with E-state index in [1.807, 2.05) is 11.3 Å². The summed E-state index contributed by atoms with van der Waals surface area (Å²) >= 11 is 5.44. The van der Waals surface area contributed by atoms with Crippen molar-refractivity contribution in [1.29, 1.82) is 0 Å². The van der Waals surface area contributed by atoms with Crippen LogP contribution in [-0.2, 0) is 6.54 Å². The Labute approximate surface area is 128 Å². The van der Waals surface area contributed by atoms with Crippen LogP contribution in [0.25, 0.3) is 0 Å². The van der Waals surface area contributed by atoms with Crippen molar-refractivity contribution in [3.05, 3.63) is 20.8 Å². The predicted molar refractivity (Wildman–Crippen MR) is 84.4 cm³/mol. The highest BCUT2D eigenvalue weighted by Crippen LogP contribution is 2.53. The number of halogens is 1. The van der Waals surface area contributed by atoms with Gasteiger partial charge in [0, 0.05) is 17.0 Å². The summed E-state index contributed by atoms with van der Waals surface area (Å²) in [6.45, 7) is 1.07. The molecule has 0 radical (unpaired) electrons. The van der Waals surface area contributed by atoms with Gasteiger partial charge in [0.2, 0.25) is 0 Å². The maximum Gasteiger partial charge on any atom is 0.0701 e. The van der Waals surface area contributed by atoms with Crippen molar-refractivity contribution in [2.75, 3.05) is 0 Å². The molecule has 1 aromatic heterocycles. The Hall–Kier alpha value is 0.140. The van der Waals surface area contributed by atoms with E-state index in [0.29, 0.717) is 5.54 Å². The Balaban J connectivity index is 1.49. The molecule has 0 saturated heterocycles. The standard InChI is InChI=1S/C16H22BrNS/c17-15-2-1-14(19-15)10-18-16-4-3-11-5-12(8-16)7-13(6-11)9-16/h1-2,11-13,18H,3-10H2. The first kappa shape index (κ1) is 12.8. The van der Waals surface area contributed by atoms with E-state index in [4.69, 9.17) is 0 Å². The van der Waals surface area contributed by atoms with E-state index in [0.717, 1.165) is 24.3 Å². The third-order valence-corrected chi connectivity index (χ3v) is 7.28. The van der Waals surface area contributed by atoms with Gasteiger partial charge in [0.25, 0.3) is 0 Å². The fourth-order valence-electron chi connectivity index (χ4n) is 5.10. The minimum atomic E-state index is 0.481. The van der Waals surface area contributed by atoms with Gasteiger partial charge in [0.15, 0.2) is 0 Å². The summed E-state index contributed by atoms with van der Waals surface area (Å²) in [6, 6.07) is 4.43. The Bertz CT molecular complexity index is 455. The minimum Gasteiger partial charge on any atom is -0.306 e. The molecule has 5 rings (SSSR count). The number of fused-ring (bicyclic) bond motifs is 1. The van der Waals surface area contributed by atoms with E-state index in [1.165, 1.54) is 53.6 Å². The molecule has 3 heteroatoms. The van der Waals surface area contributed by atoms with Crippen molar-refractivity contribution in [3.63, 3.8) is 0 Å². The van der Waals surface area contributed by atoms with Crippen LogP contribution < -0.4 is 5.32 Å². The lowest BCUT2D eigenvalue weighted by Gasteiger charge is -2.46. The molecular weight excluding hydrogens is 318 g/mol. The van der Waals surface area contributed by atoms with Crippen LogP contribution in [0.15, 0.2) is 15.9 Å². The Morgan fingerprint density at radius 2 is 1.89 bits per heavy atom. The van der Waals surface area contributed by atoms with Gasteiger partial charge in [-0.3, -0.25) is 0 Å². The molecule has 2 atom stereocenters. The van der Waals surface area contributed by atoms with Gasteiger partial charge in [-0.2, -0.15) is 0 Å². The van der Waals surface area contributed by atoms with Gasteiger partial charge in [-0.25, -0.2) is 0 Å². The molecular formula is C16H22BrNS. The second-order valence-electron chi connectivity index (χ2n) is 7.09. The van der Waals surface area contributed by atoms with Gasteiger partial charge in [-0.15, -0.1) is 11.3 Å². The third kappa shape index (κ3) is 2.54. The van der Waals surface area contributed by atoms with E-state index < -0.39 is 0 Å². The lowest BCUT2D eigenvalue weighted by atomic mass is 9.65. The molecule has 4 aliphatic carbocycles. The van der Waals surface area contributed by atoms with Crippen molar-refractivity contribution in [2.24, 2.45) is 17.8 Å². The van der Waals surface area contributed by atoms with Gasteiger partial charge < -0.3 is 5.32 Å². The largest absolute Gasteiger partial charge is 0.306 e. The fourth-order valence-corrected chi connectivity index (χ4v) is 6.52. The summed E-state index contributed by atoms with van der Waals surface area (Å²) in [5.41, 5.74) is 0.481. The highest BCUT2D eigenvalue weighted by molar-refractivity contribution is 9.11. The molecule has 1 N–H and O–H groups in total. The molecule has 4 saturated carbocycles. The van der Waals surface area contributed by atoms with Crippen LogP contribution in [0.5, 0.6) is 0 Å². The number of rotatable bonds is 3. The number of hydrogen-bond acceptors (Lipinski definition) is 2. The van der Waals surface area contributed by atoms with Gasteiger partial charge in [0.05, 0.1) is 3.79 Å². The van der Waals surface area contributed by atoms with Crippen molar-refractivity contribution in [1.82, 2.24) is 5.32 Å². The zero-order valence-electron chi connectivity index (χ0n) is 11.3.